The lowest BCUT2D eigenvalue weighted by molar-refractivity contribution is 0.161. The molecule has 41 heavy (non-hydrogen) atoms. The average Bonchev–Trinajstić information content (AvgIpc) is 3.35. The molecule has 2 aromatic carbocycles. The molecular formula is C35H38ClN3OS. The summed E-state index contributed by atoms with van der Waals surface area (Å²) in [5.74, 6) is 1.30. The van der Waals surface area contributed by atoms with Crippen LogP contribution in [0.1, 0.15) is 80.3 Å². The normalized spacial score (nSPS) is 20.5. The van der Waals surface area contributed by atoms with Gasteiger partial charge in [0.25, 0.3) is 0 Å². The third kappa shape index (κ3) is 4.90. The molecule has 3 aliphatic rings. The second-order valence-electron chi connectivity index (χ2n) is 11.7. The Morgan fingerprint density at radius 1 is 1.07 bits per heavy atom. The van der Waals surface area contributed by atoms with E-state index in [1.165, 1.54) is 67.3 Å². The van der Waals surface area contributed by atoms with Crippen LogP contribution in [0, 0.1) is 0 Å². The van der Waals surface area contributed by atoms with Crippen LogP contribution in [0.2, 0.25) is 0 Å². The zero-order valence-corrected chi connectivity index (χ0v) is 25.6. The molecule has 0 bridgehead atoms. The van der Waals surface area contributed by atoms with Crippen molar-refractivity contribution in [3.05, 3.63) is 77.1 Å². The number of pyridine rings is 1. The first kappa shape index (κ1) is 27.1. The molecule has 4 nitrogen and oxygen atoms in total. The number of aromatic amines is 1. The van der Waals surface area contributed by atoms with Crippen molar-refractivity contribution in [3.63, 3.8) is 0 Å². The van der Waals surface area contributed by atoms with Crippen LogP contribution in [0.15, 0.2) is 59.5 Å². The number of fused-ring (bicyclic) bond motifs is 3. The van der Waals surface area contributed by atoms with Crippen molar-refractivity contribution in [2.24, 2.45) is 0 Å². The van der Waals surface area contributed by atoms with E-state index in [9.17, 15) is 0 Å². The van der Waals surface area contributed by atoms with Gasteiger partial charge in [0.2, 0.25) is 0 Å². The van der Waals surface area contributed by atoms with E-state index < -0.39 is 0 Å². The molecule has 2 aromatic heterocycles. The summed E-state index contributed by atoms with van der Waals surface area (Å²) in [6.45, 7) is 4.82. The van der Waals surface area contributed by atoms with Gasteiger partial charge in [-0.25, -0.2) is 4.98 Å². The molecule has 1 atom stereocenters. The summed E-state index contributed by atoms with van der Waals surface area (Å²) in [5.41, 5.74) is 8.16. The number of aromatic nitrogens is 2. The maximum absolute atomic E-state index is 7.30. The van der Waals surface area contributed by atoms with E-state index in [0.29, 0.717) is 29.4 Å². The number of nitrogens with one attached hydrogen (secondary N) is 1. The highest BCUT2D eigenvalue weighted by Crippen LogP contribution is 2.45. The van der Waals surface area contributed by atoms with Crippen LogP contribution in [0.5, 0.6) is 0 Å². The molecule has 0 amide bonds. The number of nitrogens with zero attached hydrogens (tertiary/aromatic N) is 2. The van der Waals surface area contributed by atoms with E-state index in [4.69, 9.17) is 21.3 Å². The Hall–Kier alpha value is -2.73. The fraction of sp³-hybridized carbons (Fsp3) is 0.400. The van der Waals surface area contributed by atoms with Gasteiger partial charge in [-0.05, 0) is 92.3 Å². The summed E-state index contributed by atoms with van der Waals surface area (Å²) in [7, 11) is 0. The molecule has 0 radical (unpaired) electrons. The summed E-state index contributed by atoms with van der Waals surface area (Å²) in [6, 6.07) is 17.7. The van der Waals surface area contributed by atoms with Gasteiger partial charge in [-0.3, -0.25) is 4.90 Å². The molecule has 7 rings (SSSR count). The number of piperidine rings is 1. The van der Waals surface area contributed by atoms with Crippen molar-refractivity contribution in [2.75, 3.05) is 26.0 Å². The highest BCUT2D eigenvalue weighted by molar-refractivity contribution is 7.98. The lowest BCUT2D eigenvalue weighted by Gasteiger charge is -2.39. The van der Waals surface area contributed by atoms with E-state index >= 15 is 0 Å². The summed E-state index contributed by atoms with van der Waals surface area (Å²) >= 11 is 9.02. The Labute approximate surface area is 252 Å². The Balaban J connectivity index is 1.39. The molecule has 212 valence electrons. The number of rotatable bonds is 7. The van der Waals surface area contributed by atoms with Crippen molar-refractivity contribution in [1.82, 2.24) is 14.9 Å². The zero-order valence-electron chi connectivity index (χ0n) is 24.0. The monoisotopic (exact) mass is 583 g/mol. The Bertz CT molecular complexity index is 1670. The van der Waals surface area contributed by atoms with Crippen molar-refractivity contribution >= 4 is 61.5 Å². The maximum Gasteiger partial charge on any atom is 0.149 e. The number of halogens is 1. The lowest BCUT2D eigenvalue weighted by atomic mass is 9.79. The van der Waals surface area contributed by atoms with Crippen LogP contribution >= 0.6 is 23.4 Å². The third-order valence-corrected chi connectivity index (χ3v) is 10.5. The molecule has 6 heteroatoms. The molecule has 4 aromatic rings. The first-order chi connectivity index (χ1) is 20.2. The third-order valence-electron chi connectivity index (χ3n) is 9.33. The molecule has 4 heterocycles. The van der Waals surface area contributed by atoms with Crippen LogP contribution in [0.25, 0.3) is 38.2 Å². The van der Waals surface area contributed by atoms with E-state index in [0.717, 1.165) is 45.5 Å². The minimum atomic E-state index is 0.525. The van der Waals surface area contributed by atoms with Gasteiger partial charge >= 0.3 is 0 Å². The van der Waals surface area contributed by atoms with Crippen LogP contribution in [0.3, 0.4) is 0 Å². The SMILES string of the molecule is CCOC(=C(Cl)c1ccc2[nH]c(C3CCC3)c(C3=CCN4CCCCC4C3)c2n1)c1c(SC)ccc2ccccc12. The Kier molecular flexibility index (Phi) is 7.61. The van der Waals surface area contributed by atoms with Gasteiger partial charge in [-0.2, -0.15) is 0 Å². The number of ether oxygens (including phenoxy) is 1. The van der Waals surface area contributed by atoms with Crippen molar-refractivity contribution in [3.8, 4) is 0 Å². The molecular weight excluding hydrogens is 546 g/mol. The largest absolute Gasteiger partial charge is 0.492 e. The zero-order chi connectivity index (χ0) is 27.9. The maximum atomic E-state index is 7.30. The summed E-state index contributed by atoms with van der Waals surface area (Å²) in [5, 5.41) is 2.87. The highest BCUT2D eigenvalue weighted by atomic mass is 35.5. The van der Waals surface area contributed by atoms with Crippen molar-refractivity contribution < 1.29 is 4.74 Å². The Morgan fingerprint density at radius 2 is 1.95 bits per heavy atom. The van der Waals surface area contributed by atoms with Crippen LogP contribution < -0.4 is 0 Å². The highest BCUT2D eigenvalue weighted by Gasteiger charge is 2.32. The van der Waals surface area contributed by atoms with Gasteiger partial charge < -0.3 is 9.72 Å². The molecule has 1 N–H and O–H groups in total. The number of hydrogen-bond acceptors (Lipinski definition) is 4. The predicted molar refractivity (Wildman–Crippen MR) is 175 cm³/mol. The molecule has 2 fully saturated rings. The van der Waals surface area contributed by atoms with Gasteiger partial charge in [0.15, 0.2) is 0 Å². The van der Waals surface area contributed by atoms with E-state index in [1.54, 1.807) is 11.8 Å². The van der Waals surface area contributed by atoms with E-state index in [2.05, 4.69) is 70.7 Å². The second-order valence-corrected chi connectivity index (χ2v) is 12.9. The van der Waals surface area contributed by atoms with Gasteiger partial charge in [-0.15, -0.1) is 11.8 Å². The predicted octanol–water partition coefficient (Wildman–Crippen LogP) is 9.45. The number of thioether (sulfide) groups is 1. The molecule has 1 saturated carbocycles. The first-order valence-electron chi connectivity index (χ1n) is 15.2. The molecule has 1 unspecified atom stereocenters. The minimum Gasteiger partial charge on any atom is -0.492 e. The van der Waals surface area contributed by atoms with Crippen LogP contribution in [-0.2, 0) is 4.74 Å². The molecule has 0 spiro atoms. The Morgan fingerprint density at radius 3 is 2.76 bits per heavy atom. The van der Waals surface area contributed by atoms with Gasteiger partial charge in [0, 0.05) is 34.3 Å². The number of benzene rings is 2. The minimum absolute atomic E-state index is 0.525. The quantitative estimate of drug-likeness (QED) is 0.174. The van der Waals surface area contributed by atoms with Crippen molar-refractivity contribution in [2.45, 2.75) is 68.7 Å². The summed E-state index contributed by atoms with van der Waals surface area (Å²) in [4.78, 5) is 13.0. The van der Waals surface area contributed by atoms with Gasteiger partial charge in [0.05, 0.1) is 23.3 Å². The molecule has 1 aliphatic carbocycles. The topological polar surface area (TPSA) is 41.1 Å². The molecule has 2 aliphatic heterocycles. The lowest BCUT2D eigenvalue weighted by Crippen LogP contribution is -2.41. The van der Waals surface area contributed by atoms with Crippen molar-refractivity contribution in [1.29, 1.82) is 0 Å². The fourth-order valence-corrected chi connectivity index (χ4v) is 7.86. The van der Waals surface area contributed by atoms with Gasteiger partial charge in [-0.1, -0.05) is 60.9 Å². The first-order valence-corrected chi connectivity index (χ1v) is 16.8. The van der Waals surface area contributed by atoms with Crippen LogP contribution in [0.4, 0.5) is 0 Å². The second kappa shape index (κ2) is 11.5. The smallest absolute Gasteiger partial charge is 0.149 e. The summed E-state index contributed by atoms with van der Waals surface area (Å²) in [6.07, 6.45) is 13.5. The number of hydrogen-bond donors (Lipinski definition) is 1. The van der Waals surface area contributed by atoms with Crippen LogP contribution in [-0.4, -0.2) is 46.9 Å². The van der Waals surface area contributed by atoms with E-state index in [-0.39, 0.29) is 0 Å². The molecule has 1 saturated heterocycles. The number of H-pyrrole nitrogens is 1. The standard InChI is InChI=1S/C35H38ClN3OS/c1-3-40-35(31-26-13-5-4-9-22(26)14-17-29(31)41-2)32(36)27-15-16-28-34(37-27)30(33(38-28)23-10-8-11-23)24-18-20-39-19-7-6-12-25(39)21-24/h4-5,9,13-18,23,25,38H,3,6-8,10-12,19-21H2,1-2H3. The average molecular weight is 584 g/mol. The van der Waals surface area contributed by atoms with Gasteiger partial charge in [0.1, 0.15) is 10.8 Å². The summed E-state index contributed by atoms with van der Waals surface area (Å²) < 4.78 is 6.35. The fourth-order valence-electron chi connectivity index (χ4n) is 7.00. The van der Waals surface area contributed by atoms with E-state index in [1.807, 2.05) is 6.92 Å².